The van der Waals surface area contributed by atoms with E-state index >= 15 is 0 Å². The monoisotopic (exact) mass is 300 g/mol. The fourth-order valence-corrected chi connectivity index (χ4v) is 2.45. The lowest BCUT2D eigenvalue weighted by molar-refractivity contribution is 0.143. The van der Waals surface area contributed by atoms with Crippen molar-refractivity contribution < 1.29 is 4.79 Å². The first kappa shape index (κ1) is 16.3. The number of hydrogen-bond acceptors (Lipinski definition) is 3. The van der Waals surface area contributed by atoms with Gasteiger partial charge in [0, 0.05) is 31.9 Å². The lowest BCUT2D eigenvalue weighted by atomic mass is 10.1. The molecule has 1 fully saturated rings. The van der Waals surface area contributed by atoms with Gasteiger partial charge in [0.25, 0.3) is 0 Å². The van der Waals surface area contributed by atoms with Gasteiger partial charge >= 0.3 is 6.03 Å². The minimum atomic E-state index is -0.0618. The summed E-state index contributed by atoms with van der Waals surface area (Å²) in [5, 5.41) is 11.7. The molecule has 0 aliphatic carbocycles. The number of rotatable bonds is 4. The predicted octanol–water partition coefficient (Wildman–Crippen LogP) is 2.75. The summed E-state index contributed by atoms with van der Waals surface area (Å²) < 4.78 is 0. The van der Waals surface area contributed by atoms with Gasteiger partial charge in [-0.25, -0.2) is 4.79 Å². The normalized spacial score (nSPS) is 15.6. The van der Waals surface area contributed by atoms with E-state index in [1.807, 2.05) is 4.90 Å². The predicted molar refractivity (Wildman–Crippen MR) is 87.6 cm³/mol. The Morgan fingerprint density at radius 1 is 1.23 bits per heavy atom. The van der Waals surface area contributed by atoms with Gasteiger partial charge in [-0.1, -0.05) is 13.8 Å². The van der Waals surface area contributed by atoms with Crippen LogP contribution in [0, 0.1) is 17.2 Å². The molecule has 1 heterocycles. The molecule has 5 heteroatoms. The van der Waals surface area contributed by atoms with Crippen LogP contribution in [0.1, 0.15) is 25.8 Å². The number of urea groups is 1. The largest absolute Gasteiger partial charge is 0.322 e. The molecule has 1 aliphatic rings. The molecule has 0 spiro atoms. The van der Waals surface area contributed by atoms with Gasteiger partial charge < -0.3 is 10.2 Å². The molecule has 118 valence electrons. The zero-order valence-electron chi connectivity index (χ0n) is 13.4. The van der Waals surface area contributed by atoms with E-state index < -0.39 is 0 Å². The van der Waals surface area contributed by atoms with Crippen LogP contribution < -0.4 is 5.32 Å². The fraction of sp³-hybridized carbons (Fsp3) is 0.529. The summed E-state index contributed by atoms with van der Waals surface area (Å²) in [4.78, 5) is 16.5. The molecule has 0 bridgehead atoms. The van der Waals surface area contributed by atoms with Crippen LogP contribution in [0.5, 0.6) is 0 Å². The highest BCUT2D eigenvalue weighted by atomic mass is 16.2. The number of anilines is 1. The quantitative estimate of drug-likeness (QED) is 0.930. The molecule has 22 heavy (non-hydrogen) atoms. The van der Waals surface area contributed by atoms with Crippen molar-refractivity contribution in [3.05, 3.63) is 29.8 Å². The van der Waals surface area contributed by atoms with E-state index in [1.165, 1.54) is 6.42 Å². The molecule has 0 atom stereocenters. The van der Waals surface area contributed by atoms with Crippen molar-refractivity contribution in [2.24, 2.45) is 5.92 Å². The molecule has 0 aromatic heterocycles. The van der Waals surface area contributed by atoms with Gasteiger partial charge in [0.1, 0.15) is 0 Å². The summed E-state index contributed by atoms with van der Waals surface area (Å²) in [6, 6.07) is 8.94. The Kier molecular flexibility index (Phi) is 5.79. The van der Waals surface area contributed by atoms with Crippen molar-refractivity contribution in [1.82, 2.24) is 9.80 Å². The van der Waals surface area contributed by atoms with Crippen molar-refractivity contribution in [1.29, 1.82) is 5.26 Å². The molecule has 1 aliphatic heterocycles. The Balaban J connectivity index is 1.78. The molecule has 1 N–H and O–H groups in total. The second kappa shape index (κ2) is 7.81. The van der Waals surface area contributed by atoms with E-state index in [2.05, 4.69) is 30.1 Å². The molecule has 5 nitrogen and oxygen atoms in total. The van der Waals surface area contributed by atoms with Crippen LogP contribution in [-0.4, -0.2) is 48.6 Å². The summed E-state index contributed by atoms with van der Waals surface area (Å²) in [6.45, 7) is 8.99. The molecule has 1 saturated heterocycles. The smallest absolute Gasteiger partial charge is 0.321 e. The Bertz CT molecular complexity index is 525. The van der Waals surface area contributed by atoms with Crippen molar-refractivity contribution >= 4 is 11.7 Å². The van der Waals surface area contributed by atoms with Crippen molar-refractivity contribution in [2.45, 2.75) is 20.3 Å². The third-order valence-electron chi connectivity index (χ3n) is 3.95. The molecule has 1 aromatic rings. The fourth-order valence-electron chi connectivity index (χ4n) is 2.45. The SMILES string of the molecule is CC(C)CCN1CCN(C(=O)Nc2ccc(C#N)cc2)CC1. The van der Waals surface area contributed by atoms with Crippen molar-refractivity contribution in [3.63, 3.8) is 0 Å². The van der Waals surface area contributed by atoms with Crippen LogP contribution in [-0.2, 0) is 0 Å². The number of carbonyl (C=O) groups is 1. The van der Waals surface area contributed by atoms with Gasteiger partial charge in [0.15, 0.2) is 0 Å². The maximum absolute atomic E-state index is 12.2. The number of carbonyl (C=O) groups excluding carboxylic acids is 1. The van der Waals surface area contributed by atoms with Crippen LogP contribution >= 0.6 is 0 Å². The number of nitrogens with one attached hydrogen (secondary N) is 1. The highest BCUT2D eigenvalue weighted by molar-refractivity contribution is 5.89. The van der Waals surface area contributed by atoms with E-state index in [0.29, 0.717) is 5.56 Å². The van der Waals surface area contributed by atoms with Crippen LogP contribution in [0.2, 0.25) is 0 Å². The van der Waals surface area contributed by atoms with E-state index in [4.69, 9.17) is 5.26 Å². The molecule has 2 rings (SSSR count). The number of piperazine rings is 1. The lowest BCUT2D eigenvalue weighted by Crippen LogP contribution is -2.50. The first-order valence-corrected chi connectivity index (χ1v) is 7.87. The standard InChI is InChI=1S/C17H24N4O/c1-14(2)7-8-20-9-11-21(12-10-20)17(22)19-16-5-3-15(13-18)4-6-16/h3-6,14H,7-12H2,1-2H3,(H,19,22). The minimum absolute atomic E-state index is 0.0618. The zero-order chi connectivity index (χ0) is 15.9. The zero-order valence-corrected chi connectivity index (χ0v) is 13.4. The molecule has 0 radical (unpaired) electrons. The maximum atomic E-state index is 12.2. The molecule has 1 aromatic carbocycles. The Labute approximate surface area is 132 Å². The minimum Gasteiger partial charge on any atom is -0.322 e. The van der Waals surface area contributed by atoms with E-state index in [9.17, 15) is 4.79 Å². The number of nitriles is 1. The van der Waals surface area contributed by atoms with Crippen LogP contribution in [0.25, 0.3) is 0 Å². The summed E-state index contributed by atoms with van der Waals surface area (Å²) in [5.41, 5.74) is 1.32. The highest BCUT2D eigenvalue weighted by Gasteiger charge is 2.20. The third-order valence-corrected chi connectivity index (χ3v) is 3.95. The number of benzene rings is 1. The van der Waals surface area contributed by atoms with Crippen molar-refractivity contribution in [2.75, 3.05) is 38.0 Å². The van der Waals surface area contributed by atoms with E-state index in [1.54, 1.807) is 24.3 Å². The van der Waals surface area contributed by atoms with Gasteiger partial charge in [-0.2, -0.15) is 5.26 Å². The summed E-state index contributed by atoms with van der Waals surface area (Å²) >= 11 is 0. The van der Waals surface area contributed by atoms with E-state index in [-0.39, 0.29) is 6.03 Å². The Hall–Kier alpha value is -2.06. The molecule has 0 unspecified atom stereocenters. The summed E-state index contributed by atoms with van der Waals surface area (Å²) in [7, 11) is 0. The van der Waals surface area contributed by atoms with Gasteiger partial charge in [0.2, 0.25) is 0 Å². The topological polar surface area (TPSA) is 59.4 Å². The molecular weight excluding hydrogens is 276 g/mol. The van der Waals surface area contributed by atoms with Crippen molar-refractivity contribution in [3.8, 4) is 6.07 Å². The van der Waals surface area contributed by atoms with Crippen LogP contribution in [0.4, 0.5) is 10.5 Å². The molecule has 2 amide bonds. The van der Waals surface area contributed by atoms with Crippen LogP contribution in [0.3, 0.4) is 0 Å². The van der Waals surface area contributed by atoms with Crippen LogP contribution in [0.15, 0.2) is 24.3 Å². The maximum Gasteiger partial charge on any atom is 0.321 e. The number of hydrogen-bond donors (Lipinski definition) is 1. The number of amides is 2. The lowest BCUT2D eigenvalue weighted by Gasteiger charge is -2.35. The summed E-state index contributed by atoms with van der Waals surface area (Å²) in [5.74, 6) is 0.720. The molecular formula is C17H24N4O. The molecule has 0 saturated carbocycles. The highest BCUT2D eigenvalue weighted by Crippen LogP contribution is 2.11. The first-order chi connectivity index (χ1) is 10.6. The van der Waals surface area contributed by atoms with E-state index in [0.717, 1.165) is 44.3 Å². The van der Waals surface area contributed by atoms with Gasteiger partial charge in [-0.3, -0.25) is 4.90 Å². The van der Waals surface area contributed by atoms with Gasteiger partial charge in [-0.15, -0.1) is 0 Å². The van der Waals surface area contributed by atoms with Gasteiger partial charge in [-0.05, 0) is 43.1 Å². The Morgan fingerprint density at radius 3 is 2.41 bits per heavy atom. The second-order valence-corrected chi connectivity index (χ2v) is 6.13. The third kappa shape index (κ3) is 4.74. The summed E-state index contributed by atoms with van der Waals surface area (Å²) in [6.07, 6.45) is 1.21. The Morgan fingerprint density at radius 2 is 1.86 bits per heavy atom. The second-order valence-electron chi connectivity index (χ2n) is 6.13. The van der Waals surface area contributed by atoms with Gasteiger partial charge in [0.05, 0.1) is 11.6 Å². The average Bonchev–Trinajstić information content (AvgIpc) is 2.54. The first-order valence-electron chi connectivity index (χ1n) is 7.87. The average molecular weight is 300 g/mol. The number of nitrogens with zero attached hydrogens (tertiary/aromatic N) is 3.